The van der Waals surface area contributed by atoms with Gasteiger partial charge in [0.2, 0.25) is 0 Å². The van der Waals surface area contributed by atoms with E-state index in [9.17, 15) is 9.18 Å². The van der Waals surface area contributed by atoms with E-state index in [0.29, 0.717) is 19.6 Å². The summed E-state index contributed by atoms with van der Waals surface area (Å²) in [7, 11) is 0. The van der Waals surface area contributed by atoms with Crippen molar-refractivity contribution in [3.05, 3.63) is 29.6 Å². The van der Waals surface area contributed by atoms with E-state index in [-0.39, 0.29) is 5.75 Å². The molecule has 0 bridgehead atoms. The number of alkyl carbamates (subject to hydrolysis) is 1. The highest BCUT2D eigenvalue weighted by Gasteiger charge is 2.15. The SMILES string of the molecule is CC(C)(C)OC(=O)NCCCNCc1ccc(O)c(F)c1. The average Bonchev–Trinajstić information content (AvgIpc) is 2.35. The minimum atomic E-state index is -0.624. The number of aromatic hydroxyl groups is 1. The number of carbonyl (C=O) groups excluding carboxylic acids is 1. The minimum absolute atomic E-state index is 0.347. The van der Waals surface area contributed by atoms with Crippen LogP contribution >= 0.6 is 0 Å². The van der Waals surface area contributed by atoms with Crippen LogP contribution in [-0.2, 0) is 11.3 Å². The highest BCUT2D eigenvalue weighted by atomic mass is 19.1. The highest BCUT2D eigenvalue weighted by Crippen LogP contribution is 2.15. The van der Waals surface area contributed by atoms with Crippen molar-refractivity contribution in [2.75, 3.05) is 13.1 Å². The van der Waals surface area contributed by atoms with Crippen LogP contribution in [0.15, 0.2) is 18.2 Å². The molecule has 0 heterocycles. The second-order valence-electron chi connectivity index (χ2n) is 5.74. The molecule has 6 heteroatoms. The number of benzene rings is 1. The fourth-order valence-corrected chi connectivity index (χ4v) is 1.61. The Balaban J connectivity index is 2.12. The third-order valence-corrected chi connectivity index (χ3v) is 2.54. The van der Waals surface area contributed by atoms with Gasteiger partial charge in [-0.2, -0.15) is 0 Å². The predicted molar refractivity (Wildman–Crippen MR) is 78.6 cm³/mol. The van der Waals surface area contributed by atoms with Crippen LogP contribution in [-0.4, -0.2) is 29.9 Å². The maximum atomic E-state index is 13.1. The van der Waals surface area contributed by atoms with Gasteiger partial charge in [-0.15, -0.1) is 0 Å². The Morgan fingerprint density at radius 1 is 1.33 bits per heavy atom. The van der Waals surface area contributed by atoms with Gasteiger partial charge in [0.15, 0.2) is 11.6 Å². The highest BCUT2D eigenvalue weighted by molar-refractivity contribution is 5.67. The van der Waals surface area contributed by atoms with E-state index in [1.54, 1.807) is 6.07 Å². The van der Waals surface area contributed by atoms with E-state index in [0.717, 1.165) is 12.0 Å². The van der Waals surface area contributed by atoms with E-state index in [1.165, 1.54) is 12.1 Å². The monoisotopic (exact) mass is 298 g/mol. The molecular weight excluding hydrogens is 275 g/mol. The lowest BCUT2D eigenvalue weighted by molar-refractivity contribution is 0.0527. The van der Waals surface area contributed by atoms with Crippen LogP contribution in [0, 0.1) is 5.82 Å². The third kappa shape index (κ3) is 7.51. The molecule has 1 amide bonds. The summed E-state index contributed by atoms with van der Waals surface area (Å²) >= 11 is 0. The van der Waals surface area contributed by atoms with E-state index in [1.807, 2.05) is 20.8 Å². The first-order valence-electron chi connectivity index (χ1n) is 6.93. The topological polar surface area (TPSA) is 70.6 Å². The molecule has 118 valence electrons. The van der Waals surface area contributed by atoms with Gasteiger partial charge in [-0.3, -0.25) is 0 Å². The zero-order valence-corrected chi connectivity index (χ0v) is 12.7. The Bertz CT molecular complexity index is 472. The van der Waals surface area contributed by atoms with Crippen LogP contribution in [0.1, 0.15) is 32.8 Å². The molecule has 0 saturated carbocycles. The minimum Gasteiger partial charge on any atom is -0.505 e. The molecule has 0 unspecified atom stereocenters. The van der Waals surface area contributed by atoms with Crippen molar-refractivity contribution in [3.8, 4) is 5.75 Å². The zero-order chi connectivity index (χ0) is 15.9. The first kappa shape index (κ1) is 17.2. The smallest absolute Gasteiger partial charge is 0.407 e. The molecule has 0 spiro atoms. The summed E-state index contributed by atoms with van der Waals surface area (Å²) in [6, 6.07) is 4.28. The summed E-state index contributed by atoms with van der Waals surface area (Å²) in [6.07, 6.45) is 0.308. The van der Waals surface area contributed by atoms with Crippen molar-refractivity contribution in [2.24, 2.45) is 0 Å². The number of phenols is 1. The van der Waals surface area contributed by atoms with Crippen LogP contribution in [0.2, 0.25) is 0 Å². The molecule has 1 aromatic carbocycles. The largest absolute Gasteiger partial charge is 0.505 e. The van der Waals surface area contributed by atoms with Crippen molar-refractivity contribution >= 4 is 6.09 Å². The van der Waals surface area contributed by atoms with E-state index in [2.05, 4.69) is 10.6 Å². The Morgan fingerprint density at radius 3 is 2.67 bits per heavy atom. The standard InChI is InChI=1S/C15H23FN2O3/c1-15(2,3)21-14(20)18-8-4-7-17-10-11-5-6-13(19)12(16)9-11/h5-6,9,17,19H,4,7-8,10H2,1-3H3,(H,18,20). The van der Waals surface area contributed by atoms with Crippen LogP contribution in [0.25, 0.3) is 0 Å². The molecule has 5 nitrogen and oxygen atoms in total. The van der Waals surface area contributed by atoms with Gasteiger partial charge in [0.05, 0.1) is 0 Å². The van der Waals surface area contributed by atoms with Gasteiger partial charge in [0.25, 0.3) is 0 Å². The number of rotatable bonds is 6. The maximum absolute atomic E-state index is 13.1. The van der Waals surface area contributed by atoms with Crippen molar-refractivity contribution < 1.29 is 19.0 Å². The summed E-state index contributed by atoms with van der Waals surface area (Å²) in [5.41, 5.74) is 0.260. The third-order valence-electron chi connectivity index (χ3n) is 2.54. The van der Waals surface area contributed by atoms with Crippen LogP contribution in [0.5, 0.6) is 5.75 Å². The van der Waals surface area contributed by atoms with E-state index < -0.39 is 17.5 Å². The summed E-state index contributed by atoms with van der Waals surface area (Å²) in [5.74, 6) is -0.971. The lowest BCUT2D eigenvalue weighted by atomic mass is 10.2. The molecule has 0 aliphatic carbocycles. The summed E-state index contributed by atoms with van der Waals surface area (Å²) in [4.78, 5) is 11.4. The summed E-state index contributed by atoms with van der Waals surface area (Å²) in [5, 5.41) is 14.9. The maximum Gasteiger partial charge on any atom is 0.407 e. The number of ether oxygens (including phenoxy) is 1. The number of halogens is 1. The molecule has 0 saturated heterocycles. The average molecular weight is 298 g/mol. The van der Waals surface area contributed by atoms with Crippen molar-refractivity contribution in [3.63, 3.8) is 0 Å². The fourth-order valence-electron chi connectivity index (χ4n) is 1.61. The molecule has 0 radical (unpaired) electrons. The van der Waals surface area contributed by atoms with Gasteiger partial charge in [-0.25, -0.2) is 9.18 Å². The lowest BCUT2D eigenvalue weighted by Gasteiger charge is -2.19. The summed E-state index contributed by atoms with van der Waals surface area (Å²) in [6.45, 7) is 7.12. The summed E-state index contributed by atoms with van der Waals surface area (Å²) < 4.78 is 18.2. The van der Waals surface area contributed by atoms with Crippen LogP contribution in [0.4, 0.5) is 9.18 Å². The Kier molecular flexibility index (Phi) is 6.42. The second-order valence-corrected chi connectivity index (χ2v) is 5.74. The molecule has 0 atom stereocenters. The van der Waals surface area contributed by atoms with Gasteiger partial charge < -0.3 is 20.5 Å². The fraction of sp³-hybridized carbons (Fsp3) is 0.533. The molecule has 0 aliphatic heterocycles. The van der Waals surface area contributed by atoms with Crippen LogP contribution in [0.3, 0.4) is 0 Å². The molecule has 3 N–H and O–H groups in total. The molecule has 21 heavy (non-hydrogen) atoms. The number of nitrogens with one attached hydrogen (secondary N) is 2. The van der Waals surface area contributed by atoms with Gasteiger partial charge in [-0.1, -0.05) is 6.07 Å². The predicted octanol–water partition coefficient (Wildman–Crippen LogP) is 2.54. The normalized spacial score (nSPS) is 11.2. The van der Waals surface area contributed by atoms with Crippen LogP contribution < -0.4 is 10.6 Å². The number of hydrogen-bond acceptors (Lipinski definition) is 4. The number of hydrogen-bond donors (Lipinski definition) is 3. The Hall–Kier alpha value is -1.82. The van der Waals surface area contributed by atoms with E-state index >= 15 is 0 Å². The molecule has 0 aromatic heterocycles. The van der Waals surface area contributed by atoms with Gasteiger partial charge in [-0.05, 0) is 51.4 Å². The molecular formula is C15H23FN2O3. The zero-order valence-electron chi connectivity index (χ0n) is 12.7. The number of carbonyl (C=O) groups is 1. The molecule has 1 rings (SSSR count). The Morgan fingerprint density at radius 2 is 2.05 bits per heavy atom. The number of amides is 1. The van der Waals surface area contributed by atoms with E-state index in [4.69, 9.17) is 9.84 Å². The van der Waals surface area contributed by atoms with Crippen molar-refractivity contribution in [1.29, 1.82) is 0 Å². The number of phenolic OH excluding ortho intramolecular Hbond substituents is 1. The van der Waals surface area contributed by atoms with Gasteiger partial charge in [0.1, 0.15) is 5.60 Å². The first-order chi connectivity index (χ1) is 9.78. The second kappa shape index (κ2) is 7.83. The quantitative estimate of drug-likeness (QED) is 0.706. The van der Waals surface area contributed by atoms with Crippen molar-refractivity contribution in [2.45, 2.75) is 39.3 Å². The first-order valence-corrected chi connectivity index (χ1v) is 6.93. The Labute approximate surface area is 124 Å². The molecule has 0 aliphatic rings. The van der Waals surface area contributed by atoms with Crippen molar-refractivity contribution in [1.82, 2.24) is 10.6 Å². The van der Waals surface area contributed by atoms with Gasteiger partial charge >= 0.3 is 6.09 Å². The molecule has 0 fully saturated rings. The molecule has 1 aromatic rings. The lowest BCUT2D eigenvalue weighted by Crippen LogP contribution is -2.33. The van der Waals surface area contributed by atoms with Gasteiger partial charge in [0, 0.05) is 13.1 Å².